The Balaban J connectivity index is 2.05. The van der Waals surface area contributed by atoms with E-state index in [9.17, 15) is 24.8 Å². The van der Waals surface area contributed by atoms with Gasteiger partial charge in [0.25, 0.3) is 17.4 Å². The molecule has 2 aromatic rings. The molecule has 0 aliphatic carbocycles. The van der Waals surface area contributed by atoms with Gasteiger partial charge >= 0.3 is 0 Å². The molecule has 1 atom stereocenters. The first-order valence-corrected chi connectivity index (χ1v) is 9.74. The van der Waals surface area contributed by atoms with Crippen molar-refractivity contribution in [1.29, 1.82) is 0 Å². The fraction of sp³-hybridized carbons (Fsp3) is 0.273. The summed E-state index contributed by atoms with van der Waals surface area (Å²) in [6.45, 7) is 0.0386. The highest BCUT2D eigenvalue weighted by Crippen LogP contribution is 2.39. The third-order valence-corrected chi connectivity index (χ3v) is 5.04. The molecule has 1 heterocycles. The first-order valence-electron chi connectivity index (χ1n) is 9.74. The standard InChI is InChI=1S/C22H22N2O8/c1-31-17-8-4-14(5-9-17)19-18(20(26)15-2-6-16(7-3-15)24(29)30)21(27)22(28)23(19)10-12-32-13-11-25/h2-9,19,25-26H,10-13H2,1H3/t19-/m0/s1. The number of aliphatic hydroxyl groups is 2. The summed E-state index contributed by atoms with van der Waals surface area (Å²) >= 11 is 0. The van der Waals surface area contributed by atoms with Crippen LogP contribution in [0, 0.1) is 10.1 Å². The molecule has 2 aromatic carbocycles. The molecule has 32 heavy (non-hydrogen) atoms. The van der Waals surface area contributed by atoms with Crippen LogP contribution < -0.4 is 4.74 Å². The molecule has 0 radical (unpaired) electrons. The zero-order chi connectivity index (χ0) is 23.3. The van der Waals surface area contributed by atoms with Crippen LogP contribution in [-0.4, -0.2) is 65.2 Å². The van der Waals surface area contributed by atoms with Crippen LogP contribution >= 0.6 is 0 Å². The van der Waals surface area contributed by atoms with Gasteiger partial charge < -0.3 is 24.6 Å². The molecule has 10 heteroatoms. The van der Waals surface area contributed by atoms with E-state index in [2.05, 4.69) is 0 Å². The number of amides is 1. The van der Waals surface area contributed by atoms with Crippen LogP contribution in [0.1, 0.15) is 17.2 Å². The normalized spacial score (nSPS) is 17.6. The maximum atomic E-state index is 12.9. The zero-order valence-electron chi connectivity index (χ0n) is 17.3. The molecule has 1 saturated heterocycles. The summed E-state index contributed by atoms with van der Waals surface area (Å²) in [4.78, 5) is 37.3. The molecule has 0 spiro atoms. The van der Waals surface area contributed by atoms with Crippen LogP contribution in [0.25, 0.3) is 5.76 Å². The summed E-state index contributed by atoms with van der Waals surface area (Å²) in [5.74, 6) is -1.53. The van der Waals surface area contributed by atoms with E-state index in [0.29, 0.717) is 11.3 Å². The van der Waals surface area contributed by atoms with Gasteiger partial charge in [-0.05, 0) is 29.8 Å². The number of aliphatic hydroxyl groups excluding tert-OH is 2. The van der Waals surface area contributed by atoms with Crippen LogP contribution in [0.15, 0.2) is 54.1 Å². The van der Waals surface area contributed by atoms with Gasteiger partial charge in [0, 0.05) is 24.2 Å². The third kappa shape index (κ3) is 4.61. The number of benzene rings is 2. The average molecular weight is 442 g/mol. The number of Topliss-reactive ketones (excluding diaryl/α,β-unsaturated/α-hetero) is 1. The maximum absolute atomic E-state index is 12.9. The number of ether oxygens (including phenoxy) is 2. The van der Waals surface area contributed by atoms with Gasteiger partial charge in [-0.2, -0.15) is 0 Å². The zero-order valence-corrected chi connectivity index (χ0v) is 17.3. The summed E-state index contributed by atoms with van der Waals surface area (Å²) in [5.41, 5.74) is 0.435. The van der Waals surface area contributed by atoms with Crippen molar-refractivity contribution in [3.8, 4) is 5.75 Å². The van der Waals surface area contributed by atoms with Crippen LogP contribution in [0.3, 0.4) is 0 Å². The van der Waals surface area contributed by atoms with Gasteiger partial charge in [-0.3, -0.25) is 19.7 Å². The smallest absolute Gasteiger partial charge is 0.295 e. The first-order chi connectivity index (χ1) is 15.4. The summed E-state index contributed by atoms with van der Waals surface area (Å²) in [7, 11) is 1.51. The molecule has 0 aromatic heterocycles. The Labute approximate surface area is 183 Å². The Morgan fingerprint density at radius 3 is 2.31 bits per heavy atom. The van der Waals surface area contributed by atoms with Crippen molar-refractivity contribution in [2.24, 2.45) is 0 Å². The highest BCUT2D eigenvalue weighted by atomic mass is 16.6. The van der Waals surface area contributed by atoms with Crippen molar-refractivity contribution in [2.45, 2.75) is 6.04 Å². The van der Waals surface area contributed by atoms with E-state index in [0.717, 1.165) is 0 Å². The van der Waals surface area contributed by atoms with Crippen molar-refractivity contribution < 1.29 is 34.2 Å². The lowest BCUT2D eigenvalue weighted by Gasteiger charge is -2.25. The number of nitro benzene ring substituents is 1. The van der Waals surface area contributed by atoms with E-state index < -0.39 is 28.4 Å². The molecule has 2 N–H and O–H groups in total. The van der Waals surface area contributed by atoms with Gasteiger partial charge in [0.2, 0.25) is 0 Å². The molecule has 3 rings (SSSR count). The minimum absolute atomic E-state index is 0.0539. The van der Waals surface area contributed by atoms with Crippen LogP contribution in [0.4, 0.5) is 5.69 Å². The lowest BCUT2D eigenvalue weighted by atomic mass is 9.95. The Morgan fingerprint density at radius 2 is 1.75 bits per heavy atom. The quantitative estimate of drug-likeness (QED) is 0.150. The number of likely N-dealkylation sites (tertiary alicyclic amines) is 1. The topological polar surface area (TPSA) is 139 Å². The molecular formula is C22H22N2O8. The molecule has 0 unspecified atom stereocenters. The Kier molecular flexibility index (Phi) is 7.18. The number of carbonyl (C=O) groups excluding carboxylic acids is 2. The largest absolute Gasteiger partial charge is 0.507 e. The van der Waals surface area contributed by atoms with E-state index >= 15 is 0 Å². The van der Waals surface area contributed by atoms with Crippen LogP contribution in [0.5, 0.6) is 5.75 Å². The SMILES string of the molecule is COc1ccc([C@H]2C(=C(O)c3ccc([N+](=O)[O-])cc3)C(=O)C(=O)N2CCOCCO)cc1. The predicted octanol–water partition coefficient (Wildman–Crippen LogP) is 2.03. The summed E-state index contributed by atoms with van der Waals surface area (Å²) in [6, 6.07) is 10.8. The van der Waals surface area contributed by atoms with Gasteiger partial charge in [-0.25, -0.2) is 0 Å². The highest BCUT2D eigenvalue weighted by molar-refractivity contribution is 6.46. The van der Waals surface area contributed by atoms with E-state index in [1.54, 1.807) is 24.3 Å². The molecule has 0 bridgehead atoms. The van der Waals surface area contributed by atoms with Crippen molar-refractivity contribution in [1.82, 2.24) is 4.90 Å². The van der Waals surface area contributed by atoms with E-state index in [-0.39, 0.29) is 43.2 Å². The summed E-state index contributed by atoms with van der Waals surface area (Å²) < 4.78 is 10.4. The predicted molar refractivity (Wildman–Crippen MR) is 113 cm³/mol. The summed E-state index contributed by atoms with van der Waals surface area (Å²) in [6.07, 6.45) is 0. The van der Waals surface area contributed by atoms with Gasteiger partial charge in [-0.1, -0.05) is 12.1 Å². The fourth-order valence-corrected chi connectivity index (χ4v) is 3.47. The highest BCUT2D eigenvalue weighted by Gasteiger charge is 2.45. The number of hydrogen-bond donors (Lipinski definition) is 2. The molecule has 10 nitrogen and oxygen atoms in total. The Morgan fingerprint density at radius 1 is 1.09 bits per heavy atom. The lowest BCUT2D eigenvalue weighted by Crippen LogP contribution is -2.33. The van der Waals surface area contributed by atoms with Crippen molar-refractivity contribution in [3.05, 3.63) is 75.3 Å². The number of hydrogen-bond acceptors (Lipinski definition) is 8. The second-order valence-electron chi connectivity index (χ2n) is 6.91. The van der Waals surface area contributed by atoms with Gasteiger partial charge in [0.1, 0.15) is 11.5 Å². The molecular weight excluding hydrogens is 420 g/mol. The van der Waals surface area contributed by atoms with E-state index in [4.69, 9.17) is 14.6 Å². The summed E-state index contributed by atoms with van der Waals surface area (Å²) in [5, 5.41) is 30.7. The monoisotopic (exact) mass is 442 g/mol. The molecule has 1 aliphatic heterocycles. The number of non-ortho nitro benzene ring substituents is 1. The Hall–Kier alpha value is -3.76. The number of carbonyl (C=O) groups is 2. The van der Waals surface area contributed by atoms with Crippen LogP contribution in [-0.2, 0) is 14.3 Å². The fourth-order valence-electron chi connectivity index (χ4n) is 3.47. The lowest BCUT2D eigenvalue weighted by molar-refractivity contribution is -0.384. The van der Waals surface area contributed by atoms with Crippen LogP contribution in [0.2, 0.25) is 0 Å². The Bertz CT molecular complexity index is 1030. The third-order valence-electron chi connectivity index (χ3n) is 5.04. The number of rotatable bonds is 9. The number of nitro groups is 1. The second kappa shape index (κ2) is 10.0. The van der Waals surface area contributed by atoms with Crippen molar-refractivity contribution >= 4 is 23.1 Å². The first kappa shape index (κ1) is 22.9. The molecule has 0 saturated carbocycles. The minimum atomic E-state index is -0.895. The molecule has 1 amide bonds. The minimum Gasteiger partial charge on any atom is -0.507 e. The van der Waals surface area contributed by atoms with Gasteiger partial charge in [-0.15, -0.1) is 0 Å². The second-order valence-corrected chi connectivity index (χ2v) is 6.91. The van der Waals surface area contributed by atoms with Crippen molar-refractivity contribution in [3.63, 3.8) is 0 Å². The molecule has 168 valence electrons. The van der Waals surface area contributed by atoms with Gasteiger partial charge in [0.05, 0.1) is 43.5 Å². The number of ketones is 1. The van der Waals surface area contributed by atoms with Gasteiger partial charge in [0.15, 0.2) is 0 Å². The number of nitrogens with zero attached hydrogens (tertiary/aromatic N) is 2. The van der Waals surface area contributed by atoms with Crippen molar-refractivity contribution in [2.75, 3.05) is 33.5 Å². The number of methoxy groups -OCH3 is 1. The van der Waals surface area contributed by atoms with E-state index in [1.165, 1.54) is 36.3 Å². The molecule has 1 fully saturated rings. The van der Waals surface area contributed by atoms with E-state index in [1.807, 2.05) is 0 Å². The molecule has 1 aliphatic rings. The average Bonchev–Trinajstić information content (AvgIpc) is 3.06. The maximum Gasteiger partial charge on any atom is 0.295 e.